The molecule has 0 aliphatic heterocycles. The molecule has 0 saturated carbocycles. The molecule has 0 spiro atoms. The van der Waals surface area contributed by atoms with Crippen molar-refractivity contribution in [2.45, 2.75) is 44.6 Å². The van der Waals surface area contributed by atoms with Gasteiger partial charge < -0.3 is 9.30 Å². The van der Waals surface area contributed by atoms with E-state index in [1.54, 1.807) is 14.0 Å². The second kappa shape index (κ2) is 5.57. The molecule has 1 aromatic heterocycles. The van der Waals surface area contributed by atoms with Crippen molar-refractivity contribution in [1.82, 2.24) is 9.29 Å². The molecule has 1 heterocycles. The van der Waals surface area contributed by atoms with E-state index in [1.165, 1.54) is 17.7 Å². The molecule has 6 nitrogen and oxygen atoms in total. The molecule has 0 atom stereocenters. The highest BCUT2D eigenvalue weighted by molar-refractivity contribution is 7.89. The summed E-state index contributed by atoms with van der Waals surface area (Å²) in [5.74, 6) is -0.563. The van der Waals surface area contributed by atoms with Gasteiger partial charge in [-0.1, -0.05) is 6.92 Å². The molecule has 0 radical (unpaired) electrons. The maximum atomic E-state index is 12.4. The van der Waals surface area contributed by atoms with Crippen LogP contribution >= 0.6 is 0 Å². The Labute approximate surface area is 120 Å². The van der Waals surface area contributed by atoms with E-state index in [-0.39, 0.29) is 10.6 Å². The number of rotatable bonds is 5. The van der Waals surface area contributed by atoms with Gasteiger partial charge in [-0.05, 0) is 33.3 Å². The van der Waals surface area contributed by atoms with Crippen molar-refractivity contribution in [2.75, 3.05) is 7.11 Å². The smallest absolute Gasteiger partial charge is 0.354 e. The van der Waals surface area contributed by atoms with Crippen LogP contribution in [0.25, 0.3) is 0 Å². The van der Waals surface area contributed by atoms with Crippen LogP contribution in [0.2, 0.25) is 0 Å². The van der Waals surface area contributed by atoms with E-state index in [4.69, 9.17) is 0 Å². The molecule has 1 aromatic rings. The van der Waals surface area contributed by atoms with Gasteiger partial charge in [0.15, 0.2) is 0 Å². The third kappa shape index (κ3) is 3.21. The topological polar surface area (TPSA) is 77.4 Å². The van der Waals surface area contributed by atoms with Gasteiger partial charge in [-0.3, -0.25) is 0 Å². The predicted molar refractivity (Wildman–Crippen MR) is 76.2 cm³/mol. The molecule has 0 bridgehead atoms. The van der Waals surface area contributed by atoms with Crippen LogP contribution in [0.3, 0.4) is 0 Å². The summed E-state index contributed by atoms with van der Waals surface area (Å²) < 4.78 is 33.7. The highest BCUT2D eigenvalue weighted by Gasteiger charge is 2.29. The Morgan fingerprint density at radius 1 is 1.45 bits per heavy atom. The van der Waals surface area contributed by atoms with Gasteiger partial charge in [0, 0.05) is 18.3 Å². The monoisotopic (exact) mass is 302 g/mol. The predicted octanol–water partition coefficient (Wildman–Crippen LogP) is 1.59. The highest BCUT2D eigenvalue weighted by atomic mass is 32.2. The van der Waals surface area contributed by atoms with Crippen molar-refractivity contribution in [3.63, 3.8) is 0 Å². The number of hydrogen-bond donors (Lipinski definition) is 1. The number of nitrogens with one attached hydrogen (secondary N) is 1. The molecule has 1 N–H and O–H groups in total. The summed E-state index contributed by atoms with van der Waals surface area (Å²) in [4.78, 5) is 11.7. The normalized spacial score (nSPS) is 12.5. The van der Waals surface area contributed by atoms with Crippen LogP contribution < -0.4 is 4.72 Å². The van der Waals surface area contributed by atoms with Crippen molar-refractivity contribution in [3.8, 4) is 0 Å². The van der Waals surface area contributed by atoms with Crippen molar-refractivity contribution >= 4 is 16.0 Å². The Kier molecular flexibility index (Phi) is 4.66. The summed E-state index contributed by atoms with van der Waals surface area (Å²) in [6, 6.07) is 1.34. The number of methoxy groups -OCH3 is 1. The molecule has 0 saturated heterocycles. The maximum absolute atomic E-state index is 12.4. The highest BCUT2D eigenvalue weighted by Crippen LogP contribution is 2.22. The van der Waals surface area contributed by atoms with Crippen molar-refractivity contribution in [1.29, 1.82) is 0 Å². The molecular weight excluding hydrogens is 280 g/mol. The molecule has 0 aromatic carbocycles. The number of sulfonamides is 1. The summed E-state index contributed by atoms with van der Waals surface area (Å²) in [5.41, 5.74) is 0.150. The minimum absolute atomic E-state index is 0.0990. The first kappa shape index (κ1) is 16.7. The second-order valence-corrected chi connectivity index (χ2v) is 7.02. The average Bonchev–Trinajstić information content (AvgIpc) is 2.65. The summed E-state index contributed by atoms with van der Waals surface area (Å²) >= 11 is 0. The zero-order chi connectivity index (χ0) is 15.7. The molecule has 0 aliphatic rings. The summed E-state index contributed by atoms with van der Waals surface area (Å²) in [6.07, 6.45) is 0.655. The fourth-order valence-corrected chi connectivity index (χ4v) is 3.51. The Morgan fingerprint density at radius 3 is 2.45 bits per heavy atom. The molecular formula is C13H22N2O4S. The van der Waals surface area contributed by atoms with Gasteiger partial charge in [0.1, 0.15) is 10.6 Å². The molecule has 114 valence electrons. The van der Waals surface area contributed by atoms with Crippen LogP contribution in [-0.4, -0.2) is 31.6 Å². The van der Waals surface area contributed by atoms with Gasteiger partial charge >= 0.3 is 5.97 Å². The van der Waals surface area contributed by atoms with Crippen LogP contribution in [0.1, 0.15) is 43.4 Å². The number of carbonyl (C=O) groups excluding carboxylic acids is 1. The van der Waals surface area contributed by atoms with Crippen molar-refractivity contribution < 1.29 is 17.9 Å². The molecule has 7 heteroatoms. The van der Waals surface area contributed by atoms with Gasteiger partial charge in [-0.15, -0.1) is 0 Å². The van der Waals surface area contributed by atoms with Gasteiger partial charge in [-0.2, -0.15) is 0 Å². The first-order chi connectivity index (χ1) is 9.05. The zero-order valence-corrected chi connectivity index (χ0v) is 13.6. The van der Waals surface area contributed by atoms with E-state index in [9.17, 15) is 13.2 Å². The molecule has 0 unspecified atom stereocenters. The number of esters is 1. The van der Waals surface area contributed by atoms with E-state index in [0.29, 0.717) is 12.1 Å². The number of carbonyl (C=O) groups is 1. The first-order valence-electron chi connectivity index (χ1n) is 6.34. The van der Waals surface area contributed by atoms with E-state index < -0.39 is 21.5 Å². The standard InChI is InChI=1S/C13H22N2O4S/c1-7-13(3,4)14-20(17,18)11-8-10(12(16)19-6)15(5)9(11)2/h8,14H,7H2,1-6H3. The largest absolute Gasteiger partial charge is 0.464 e. The van der Waals surface area contributed by atoms with E-state index in [0.717, 1.165) is 0 Å². The van der Waals surface area contributed by atoms with Crippen LogP contribution in [0.4, 0.5) is 0 Å². The minimum atomic E-state index is -3.68. The Hall–Kier alpha value is -1.34. The Morgan fingerprint density at radius 2 is 2.00 bits per heavy atom. The van der Waals surface area contributed by atoms with Gasteiger partial charge in [0.2, 0.25) is 10.0 Å². The quantitative estimate of drug-likeness (QED) is 0.838. The second-order valence-electron chi connectivity index (χ2n) is 5.37. The molecule has 0 amide bonds. The minimum Gasteiger partial charge on any atom is -0.464 e. The number of ether oxygens (including phenoxy) is 1. The van der Waals surface area contributed by atoms with Crippen molar-refractivity contribution in [3.05, 3.63) is 17.5 Å². The fraction of sp³-hybridized carbons (Fsp3) is 0.615. The van der Waals surface area contributed by atoms with Crippen LogP contribution in [0.5, 0.6) is 0 Å². The number of aromatic nitrogens is 1. The fourth-order valence-electron chi connectivity index (χ4n) is 1.73. The summed E-state index contributed by atoms with van der Waals surface area (Å²) in [5, 5.41) is 0. The van der Waals surface area contributed by atoms with Gasteiger partial charge in [0.05, 0.1) is 7.11 Å². The molecule has 20 heavy (non-hydrogen) atoms. The first-order valence-corrected chi connectivity index (χ1v) is 7.82. The summed E-state index contributed by atoms with van der Waals surface area (Å²) in [6.45, 7) is 7.17. The summed E-state index contributed by atoms with van der Waals surface area (Å²) in [7, 11) is -0.791. The lowest BCUT2D eigenvalue weighted by Gasteiger charge is -2.24. The Bertz CT molecular complexity index is 615. The number of nitrogens with zero attached hydrogens (tertiary/aromatic N) is 1. The van der Waals surface area contributed by atoms with E-state index in [1.807, 2.05) is 20.8 Å². The third-order valence-electron chi connectivity index (χ3n) is 3.47. The van der Waals surface area contributed by atoms with Crippen molar-refractivity contribution in [2.24, 2.45) is 7.05 Å². The SMILES string of the molecule is CCC(C)(C)NS(=O)(=O)c1cc(C(=O)OC)n(C)c1C. The Balaban J connectivity index is 3.31. The van der Waals surface area contributed by atoms with Crippen LogP contribution in [-0.2, 0) is 21.8 Å². The molecule has 1 rings (SSSR count). The molecule has 0 aliphatic carbocycles. The lowest BCUT2D eigenvalue weighted by atomic mass is 10.0. The molecule has 0 fully saturated rings. The number of hydrogen-bond acceptors (Lipinski definition) is 4. The van der Waals surface area contributed by atoms with Gasteiger partial charge in [0.25, 0.3) is 0 Å². The van der Waals surface area contributed by atoms with Gasteiger partial charge in [-0.25, -0.2) is 17.9 Å². The zero-order valence-electron chi connectivity index (χ0n) is 12.8. The van der Waals surface area contributed by atoms with Crippen LogP contribution in [0.15, 0.2) is 11.0 Å². The maximum Gasteiger partial charge on any atom is 0.354 e. The lowest BCUT2D eigenvalue weighted by molar-refractivity contribution is 0.0589. The average molecular weight is 302 g/mol. The third-order valence-corrected chi connectivity index (χ3v) is 5.28. The van der Waals surface area contributed by atoms with E-state index >= 15 is 0 Å². The van der Waals surface area contributed by atoms with Crippen LogP contribution in [0, 0.1) is 6.92 Å². The van der Waals surface area contributed by atoms with E-state index in [2.05, 4.69) is 9.46 Å². The lowest BCUT2D eigenvalue weighted by Crippen LogP contribution is -2.42.